The normalized spacial score (nSPS) is 12.2. The molecule has 1 heterocycles. The molecule has 0 atom stereocenters. The largest absolute Gasteiger partial charge is 0.380 e. The third kappa shape index (κ3) is 3.68. The lowest BCUT2D eigenvalue weighted by molar-refractivity contribution is 0.135. The maximum absolute atomic E-state index is 12.4. The number of sulfonamides is 1. The van der Waals surface area contributed by atoms with Crippen molar-refractivity contribution in [2.75, 3.05) is 26.3 Å². The molecule has 0 amide bonds. The number of ether oxygens (including phenoxy) is 1. The van der Waals surface area contributed by atoms with Gasteiger partial charge >= 0.3 is 0 Å². The van der Waals surface area contributed by atoms with E-state index in [0.717, 1.165) is 0 Å². The summed E-state index contributed by atoms with van der Waals surface area (Å²) in [4.78, 5) is 1.01. The molecule has 0 aliphatic carbocycles. The highest BCUT2D eigenvalue weighted by Gasteiger charge is 2.26. The third-order valence-electron chi connectivity index (χ3n) is 2.49. The Bertz CT molecular complexity index is 459. The Morgan fingerprint density at radius 2 is 2.17 bits per heavy atom. The van der Waals surface area contributed by atoms with Crippen LogP contribution in [-0.2, 0) is 20.6 Å². The van der Waals surface area contributed by atoms with Crippen molar-refractivity contribution in [2.24, 2.45) is 0 Å². The van der Waals surface area contributed by atoms with Crippen molar-refractivity contribution in [2.45, 2.75) is 24.6 Å². The SMILES string of the molecule is CCOCCN(CC)S(=O)(=O)c1ccsc1CCl. The van der Waals surface area contributed by atoms with Crippen molar-refractivity contribution < 1.29 is 13.2 Å². The zero-order chi connectivity index (χ0) is 13.6. The summed E-state index contributed by atoms with van der Waals surface area (Å²) in [6.07, 6.45) is 0. The van der Waals surface area contributed by atoms with E-state index in [2.05, 4.69) is 0 Å². The van der Waals surface area contributed by atoms with Gasteiger partial charge in [-0.05, 0) is 18.4 Å². The highest BCUT2D eigenvalue weighted by Crippen LogP contribution is 2.26. The van der Waals surface area contributed by atoms with Crippen LogP contribution >= 0.6 is 22.9 Å². The third-order valence-corrected chi connectivity index (χ3v) is 6.02. The van der Waals surface area contributed by atoms with E-state index in [0.29, 0.717) is 36.1 Å². The zero-order valence-corrected chi connectivity index (χ0v) is 12.9. The molecule has 0 aliphatic heterocycles. The van der Waals surface area contributed by atoms with E-state index in [4.69, 9.17) is 16.3 Å². The van der Waals surface area contributed by atoms with Gasteiger partial charge in [-0.25, -0.2) is 8.42 Å². The average molecular weight is 312 g/mol. The predicted molar refractivity (Wildman–Crippen MR) is 74.8 cm³/mol. The number of alkyl halides is 1. The molecule has 0 radical (unpaired) electrons. The molecular formula is C11H18ClNO3S2. The Labute approximate surface area is 118 Å². The summed E-state index contributed by atoms with van der Waals surface area (Å²) in [5.74, 6) is 0.218. The van der Waals surface area contributed by atoms with E-state index in [1.165, 1.54) is 15.6 Å². The summed E-state index contributed by atoms with van der Waals surface area (Å²) in [7, 11) is -3.45. The summed E-state index contributed by atoms with van der Waals surface area (Å²) >= 11 is 7.12. The van der Waals surface area contributed by atoms with Crippen molar-refractivity contribution in [1.82, 2.24) is 4.31 Å². The summed E-state index contributed by atoms with van der Waals surface area (Å²) in [6, 6.07) is 1.61. The summed E-state index contributed by atoms with van der Waals surface area (Å²) in [6.45, 7) is 5.48. The number of nitrogens with zero attached hydrogens (tertiary/aromatic N) is 1. The van der Waals surface area contributed by atoms with Crippen molar-refractivity contribution in [3.8, 4) is 0 Å². The first-order valence-corrected chi connectivity index (χ1v) is 8.63. The molecule has 18 heavy (non-hydrogen) atoms. The first kappa shape index (κ1) is 15.9. The Morgan fingerprint density at radius 3 is 2.72 bits per heavy atom. The highest BCUT2D eigenvalue weighted by molar-refractivity contribution is 7.89. The van der Waals surface area contributed by atoms with Gasteiger partial charge in [-0.15, -0.1) is 22.9 Å². The molecule has 0 saturated carbocycles. The van der Waals surface area contributed by atoms with Gasteiger partial charge in [0, 0.05) is 24.6 Å². The fourth-order valence-electron chi connectivity index (χ4n) is 1.55. The standard InChI is InChI=1S/C11H18ClNO3S2/c1-3-13(6-7-16-4-2)18(14,15)11-5-8-17-10(11)9-12/h5,8H,3-4,6-7,9H2,1-2H3. The maximum atomic E-state index is 12.4. The lowest BCUT2D eigenvalue weighted by atomic mass is 10.5. The van der Waals surface area contributed by atoms with E-state index in [1.54, 1.807) is 11.4 Å². The quantitative estimate of drug-likeness (QED) is 0.547. The summed E-state index contributed by atoms with van der Waals surface area (Å²) in [5.41, 5.74) is 0. The van der Waals surface area contributed by atoms with Gasteiger partial charge in [0.05, 0.1) is 17.4 Å². The number of hydrogen-bond acceptors (Lipinski definition) is 4. The highest BCUT2D eigenvalue weighted by atomic mass is 35.5. The van der Waals surface area contributed by atoms with Crippen molar-refractivity contribution in [3.05, 3.63) is 16.3 Å². The molecule has 104 valence electrons. The summed E-state index contributed by atoms with van der Waals surface area (Å²) < 4.78 is 31.5. The molecule has 4 nitrogen and oxygen atoms in total. The first-order valence-electron chi connectivity index (χ1n) is 5.78. The fraction of sp³-hybridized carbons (Fsp3) is 0.636. The van der Waals surface area contributed by atoms with Crippen LogP contribution in [0.15, 0.2) is 16.3 Å². The van der Waals surface area contributed by atoms with Gasteiger partial charge in [-0.3, -0.25) is 0 Å². The fourth-order valence-corrected chi connectivity index (χ4v) is 4.66. The van der Waals surface area contributed by atoms with Crippen LogP contribution in [0.2, 0.25) is 0 Å². The molecule has 0 fully saturated rings. The van der Waals surface area contributed by atoms with E-state index < -0.39 is 10.0 Å². The predicted octanol–water partition coefficient (Wildman–Crippen LogP) is 2.53. The van der Waals surface area contributed by atoms with Gasteiger partial charge in [0.25, 0.3) is 0 Å². The molecular weight excluding hydrogens is 294 g/mol. The van der Waals surface area contributed by atoms with Gasteiger partial charge in [0.1, 0.15) is 0 Å². The van der Waals surface area contributed by atoms with Crippen LogP contribution in [0.4, 0.5) is 0 Å². The molecule has 0 bridgehead atoms. The molecule has 0 aliphatic rings. The second kappa shape index (κ2) is 7.45. The zero-order valence-electron chi connectivity index (χ0n) is 10.6. The van der Waals surface area contributed by atoms with E-state index in [1.807, 2.05) is 13.8 Å². The number of thiophene rings is 1. The molecule has 0 unspecified atom stereocenters. The topological polar surface area (TPSA) is 46.6 Å². The van der Waals surface area contributed by atoms with Crippen molar-refractivity contribution in [3.63, 3.8) is 0 Å². The van der Waals surface area contributed by atoms with Crippen LogP contribution in [0.3, 0.4) is 0 Å². The molecule has 0 aromatic carbocycles. The molecule has 0 spiro atoms. The minimum atomic E-state index is -3.45. The molecule has 0 N–H and O–H groups in total. The molecule has 1 aromatic heterocycles. The van der Waals surface area contributed by atoms with Gasteiger partial charge in [-0.1, -0.05) is 6.92 Å². The van der Waals surface area contributed by atoms with Gasteiger partial charge in [-0.2, -0.15) is 4.31 Å². The van der Waals surface area contributed by atoms with Crippen LogP contribution in [0.1, 0.15) is 18.7 Å². The first-order chi connectivity index (χ1) is 8.57. The number of likely N-dealkylation sites (N-methyl/N-ethyl adjacent to an activating group) is 1. The minimum absolute atomic E-state index is 0.218. The Hall–Kier alpha value is -0.140. The lowest BCUT2D eigenvalue weighted by Crippen LogP contribution is -2.34. The number of halogens is 1. The van der Waals surface area contributed by atoms with E-state index >= 15 is 0 Å². The van der Waals surface area contributed by atoms with E-state index in [9.17, 15) is 8.42 Å². The van der Waals surface area contributed by atoms with Crippen LogP contribution in [0, 0.1) is 0 Å². The van der Waals surface area contributed by atoms with Crippen LogP contribution in [-0.4, -0.2) is 39.0 Å². The number of hydrogen-bond donors (Lipinski definition) is 0. The smallest absolute Gasteiger partial charge is 0.244 e. The molecule has 1 rings (SSSR count). The van der Waals surface area contributed by atoms with Crippen molar-refractivity contribution >= 4 is 33.0 Å². The average Bonchev–Trinajstić information content (AvgIpc) is 2.83. The van der Waals surface area contributed by atoms with Gasteiger partial charge < -0.3 is 4.74 Å². The van der Waals surface area contributed by atoms with E-state index in [-0.39, 0.29) is 5.88 Å². The Balaban J connectivity index is 2.89. The molecule has 1 aromatic rings. The van der Waals surface area contributed by atoms with Gasteiger partial charge in [0.2, 0.25) is 10.0 Å². The van der Waals surface area contributed by atoms with Crippen LogP contribution in [0.5, 0.6) is 0 Å². The van der Waals surface area contributed by atoms with Crippen LogP contribution in [0.25, 0.3) is 0 Å². The van der Waals surface area contributed by atoms with Crippen molar-refractivity contribution in [1.29, 1.82) is 0 Å². The molecule has 7 heteroatoms. The Kier molecular flexibility index (Phi) is 6.59. The maximum Gasteiger partial charge on any atom is 0.244 e. The Morgan fingerprint density at radius 1 is 1.44 bits per heavy atom. The second-order valence-electron chi connectivity index (χ2n) is 3.54. The molecule has 0 saturated heterocycles. The van der Waals surface area contributed by atoms with Crippen LogP contribution < -0.4 is 0 Å². The number of rotatable bonds is 8. The minimum Gasteiger partial charge on any atom is -0.380 e. The van der Waals surface area contributed by atoms with Gasteiger partial charge in [0.15, 0.2) is 0 Å². The second-order valence-corrected chi connectivity index (χ2v) is 6.71. The monoisotopic (exact) mass is 311 g/mol. The summed E-state index contributed by atoms with van der Waals surface area (Å²) in [5, 5.41) is 1.75. The lowest BCUT2D eigenvalue weighted by Gasteiger charge is -2.20.